The topological polar surface area (TPSA) is 55.4 Å². The molecule has 23 heavy (non-hydrogen) atoms. The van der Waals surface area contributed by atoms with Crippen LogP contribution in [-0.4, -0.2) is 28.4 Å². The fourth-order valence-electron chi connectivity index (χ4n) is 2.10. The molecule has 0 aliphatic heterocycles. The first kappa shape index (κ1) is 16.8. The molecule has 0 unspecified atom stereocenters. The van der Waals surface area contributed by atoms with E-state index in [1.807, 2.05) is 18.2 Å². The lowest BCUT2D eigenvalue weighted by atomic mass is 10.2. The lowest BCUT2D eigenvalue weighted by Gasteiger charge is -2.13. The fourth-order valence-corrected chi connectivity index (χ4v) is 2.10. The summed E-state index contributed by atoms with van der Waals surface area (Å²) in [5.74, 6) is 2.94. The van der Waals surface area contributed by atoms with E-state index in [0.717, 1.165) is 5.56 Å². The third-order valence-electron chi connectivity index (χ3n) is 3.21. The van der Waals surface area contributed by atoms with Crippen LogP contribution in [0.2, 0.25) is 0 Å². The third-order valence-corrected chi connectivity index (χ3v) is 3.21. The normalized spacial score (nSPS) is 10.1. The van der Waals surface area contributed by atoms with E-state index < -0.39 is 0 Å². The largest absolute Gasteiger partial charge is 0.493 e. The third kappa shape index (κ3) is 3.98. The van der Waals surface area contributed by atoms with Crippen LogP contribution in [0.3, 0.4) is 0 Å². The van der Waals surface area contributed by atoms with Crippen LogP contribution < -0.4 is 23.8 Å². The van der Waals surface area contributed by atoms with E-state index in [4.69, 9.17) is 28.7 Å². The molecule has 0 spiro atoms. The molecule has 0 aromatic heterocycles. The van der Waals surface area contributed by atoms with Gasteiger partial charge >= 0.3 is 0 Å². The second kappa shape index (κ2) is 8.14. The van der Waals surface area contributed by atoms with Crippen molar-refractivity contribution < 1.29 is 28.7 Å². The van der Waals surface area contributed by atoms with Gasteiger partial charge in [0.15, 0.2) is 28.7 Å². The van der Waals surface area contributed by atoms with Gasteiger partial charge < -0.3 is 23.8 Å². The van der Waals surface area contributed by atoms with Gasteiger partial charge in [0, 0.05) is 11.6 Å². The predicted molar refractivity (Wildman–Crippen MR) is 84.5 cm³/mol. The van der Waals surface area contributed by atoms with Crippen LogP contribution in [0.4, 0.5) is 0 Å². The molecule has 0 atom stereocenters. The van der Waals surface area contributed by atoms with Gasteiger partial charge in [-0.3, -0.25) is 0 Å². The molecule has 0 aliphatic rings. The van der Waals surface area contributed by atoms with Crippen LogP contribution in [0.1, 0.15) is 5.56 Å². The summed E-state index contributed by atoms with van der Waals surface area (Å²) in [6.45, 7) is 0.203. The summed E-state index contributed by atoms with van der Waals surface area (Å²) in [7, 11) is 6.30. The van der Waals surface area contributed by atoms with Crippen molar-refractivity contribution in [3.05, 3.63) is 42.0 Å². The summed E-state index contributed by atoms with van der Waals surface area (Å²) < 4.78 is 21.0. The summed E-state index contributed by atoms with van der Waals surface area (Å²) in [4.78, 5) is 10.6. The molecule has 0 heterocycles. The maximum absolute atomic E-state index is 5.34. The van der Waals surface area contributed by atoms with Crippen molar-refractivity contribution in [2.45, 2.75) is 6.61 Å². The number of rotatable bonds is 8. The molecular weight excluding hydrogens is 300 g/mol. The maximum atomic E-state index is 5.34. The van der Waals surface area contributed by atoms with Gasteiger partial charge in [-0.2, -0.15) is 4.89 Å². The molecule has 0 amide bonds. The number of hydrogen-bond acceptors (Lipinski definition) is 6. The predicted octanol–water partition coefficient (Wildman–Crippen LogP) is 3.23. The van der Waals surface area contributed by atoms with E-state index in [1.165, 1.54) is 0 Å². The standard InChI is InChI=1S/C17H20O6/c1-18-14-9-8-13(10-16(14)20-3)23-22-11-12-6-5-7-15(19-2)17(12)21-4/h5-10H,11H2,1-4H3. The van der Waals surface area contributed by atoms with Crippen LogP contribution in [0.25, 0.3) is 0 Å². The molecule has 2 aromatic rings. The van der Waals surface area contributed by atoms with Crippen molar-refractivity contribution in [3.63, 3.8) is 0 Å². The quantitative estimate of drug-likeness (QED) is 0.550. The fraction of sp³-hybridized carbons (Fsp3) is 0.294. The van der Waals surface area contributed by atoms with Crippen molar-refractivity contribution in [2.24, 2.45) is 0 Å². The first-order valence-electron chi connectivity index (χ1n) is 6.94. The second-order valence-electron chi connectivity index (χ2n) is 4.51. The SMILES string of the molecule is COc1ccc(OOCc2cccc(OC)c2OC)cc1OC. The van der Waals surface area contributed by atoms with Gasteiger partial charge in [0.05, 0.1) is 28.4 Å². The zero-order valence-electron chi connectivity index (χ0n) is 13.6. The Balaban J connectivity index is 2.03. The Morgan fingerprint density at radius 2 is 1.48 bits per heavy atom. The average Bonchev–Trinajstić information content (AvgIpc) is 2.61. The summed E-state index contributed by atoms with van der Waals surface area (Å²) in [5, 5.41) is 0. The smallest absolute Gasteiger partial charge is 0.169 e. The Kier molecular flexibility index (Phi) is 5.94. The first-order valence-corrected chi connectivity index (χ1v) is 6.94. The van der Waals surface area contributed by atoms with Gasteiger partial charge in [-0.15, -0.1) is 0 Å². The Morgan fingerprint density at radius 1 is 0.739 bits per heavy atom. The van der Waals surface area contributed by atoms with E-state index in [9.17, 15) is 0 Å². The van der Waals surface area contributed by atoms with Crippen LogP contribution in [-0.2, 0) is 11.5 Å². The Morgan fingerprint density at radius 3 is 2.13 bits per heavy atom. The van der Waals surface area contributed by atoms with Gasteiger partial charge in [-0.25, -0.2) is 0 Å². The van der Waals surface area contributed by atoms with Crippen molar-refractivity contribution in [3.8, 4) is 28.7 Å². The van der Waals surface area contributed by atoms with Gasteiger partial charge in [-0.05, 0) is 18.2 Å². The van der Waals surface area contributed by atoms with Crippen molar-refractivity contribution in [1.82, 2.24) is 0 Å². The summed E-state index contributed by atoms with van der Waals surface area (Å²) in [6.07, 6.45) is 0. The Hall–Kier alpha value is -2.60. The minimum Gasteiger partial charge on any atom is -0.493 e. The summed E-state index contributed by atoms with van der Waals surface area (Å²) in [5.41, 5.74) is 0.812. The lowest BCUT2D eigenvalue weighted by molar-refractivity contribution is -0.217. The van der Waals surface area contributed by atoms with Crippen LogP contribution in [0, 0.1) is 0 Å². The molecule has 0 bridgehead atoms. The van der Waals surface area contributed by atoms with Crippen LogP contribution in [0.15, 0.2) is 36.4 Å². The number of para-hydroxylation sites is 1. The van der Waals surface area contributed by atoms with E-state index in [2.05, 4.69) is 0 Å². The zero-order valence-corrected chi connectivity index (χ0v) is 13.6. The van der Waals surface area contributed by atoms with Gasteiger partial charge in [0.25, 0.3) is 0 Å². The molecule has 0 saturated carbocycles. The molecule has 6 nitrogen and oxygen atoms in total. The Bertz CT molecular complexity index is 641. The van der Waals surface area contributed by atoms with E-state index in [-0.39, 0.29) is 6.61 Å². The van der Waals surface area contributed by atoms with Crippen molar-refractivity contribution in [1.29, 1.82) is 0 Å². The van der Waals surface area contributed by atoms with E-state index >= 15 is 0 Å². The monoisotopic (exact) mass is 320 g/mol. The lowest BCUT2D eigenvalue weighted by Crippen LogP contribution is -2.02. The minimum absolute atomic E-state index is 0.203. The minimum atomic E-state index is 0.203. The maximum Gasteiger partial charge on any atom is 0.169 e. The summed E-state index contributed by atoms with van der Waals surface area (Å²) in [6, 6.07) is 10.7. The molecule has 0 N–H and O–H groups in total. The molecule has 0 aliphatic carbocycles. The average molecular weight is 320 g/mol. The zero-order chi connectivity index (χ0) is 16.7. The summed E-state index contributed by atoms with van der Waals surface area (Å²) >= 11 is 0. The van der Waals surface area contributed by atoms with E-state index in [1.54, 1.807) is 46.6 Å². The highest BCUT2D eigenvalue weighted by molar-refractivity contribution is 5.46. The highest BCUT2D eigenvalue weighted by Gasteiger charge is 2.11. The molecule has 0 radical (unpaired) electrons. The molecule has 2 aromatic carbocycles. The molecule has 2 rings (SSSR count). The number of ether oxygens (including phenoxy) is 4. The molecule has 6 heteroatoms. The van der Waals surface area contributed by atoms with Crippen LogP contribution in [0.5, 0.6) is 28.7 Å². The molecule has 0 fully saturated rings. The second-order valence-corrected chi connectivity index (χ2v) is 4.51. The number of methoxy groups -OCH3 is 4. The molecule has 124 valence electrons. The van der Waals surface area contributed by atoms with Crippen molar-refractivity contribution >= 4 is 0 Å². The van der Waals surface area contributed by atoms with Gasteiger partial charge in [0.1, 0.15) is 6.61 Å². The van der Waals surface area contributed by atoms with Gasteiger partial charge in [-0.1, -0.05) is 12.1 Å². The molecule has 0 saturated heterocycles. The number of hydrogen-bond donors (Lipinski definition) is 0. The Labute approximate surface area is 135 Å². The number of benzene rings is 2. The molecular formula is C17H20O6. The van der Waals surface area contributed by atoms with E-state index in [0.29, 0.717) is 28.7 Å². The first-order chi connectivity index (χ1) is 11.2. The van der Waals surface area contributed by atoms with Gasteiger partial charge in [0.2, 0.25) is 0 Å². The van der Waals surface area contributed by atoms with Crippen molar-refractivity contribution in [2.75, 3.05) is 28.4 Å². The highest BCUT2D eigenvalue weighted by Crippen LogP contribution is 2.33. The highest BCUT2D eigenvalue weighted by atomic mass is 17.2. The van der Waals surface area contributed by atoms with Crippen LogP contribution >= 0.6 is 0 Å².